The highest BCUT2D eigenvalue weighted by atomic mass is 16.2. The smallest absolute Gasteiger partial charge is 0.323 e. The number of likely N-dealkylation sites (N-methyl/N-ethyl adjacent to an activating group) is 1. The number of piperazine rings is 1. The molecular weight excluding hydrogens is 342 g/mol. The predicted molar refractivity (Wildman–Crippen MR) is 106 cm³/mol. The fourth-order valence-corrected chi connectivity index (χ4v) is 4.23. The average Bonchev–Trinajstić information content (AvgIpc) is 3.03. The van der Waals surface area contributed by atoms with Crippen molar-refractivity contribution in [2.45, 2.75) is 77.3 Å². The number of carbonyl (C=O) groups excluding carboxylic acids is 2. The summed E-state index contributed by atoms with van der Waals surface area (Å²) in [6.45, 7) is 5.21. The van der Waals surface area contributed by atoms with Gasteiger partial charge in [0.1, 0.15) is 11.9 Å². The Hall–Kier alpha value is -2.05. The summed E-state index contributed by atoms with van der Waals surface area (Å²) in [5.74, 6) is 0.798. The first-order valence-electron chi connectivity index (χ1n) is 10.4. The lowest BCUT2D eigenvalue weighted by molar-refractivity contribution is -0.138. The molecule has 1 saturated carbocycles. The number of carbonyl (C=O) groups is 2. The van der Waals surface area contributed by atoms with Gasteiger partial charge in [-0.2, -0.15) is 5.10 Å². The van der Waals surface area contributed by atoms with Crippen molar-refractivity contribution in [3.8, 4) is 0 Å². The van der Waals surface area contributed by atoms with Crippen molar-refractivity contribution < 1.29 is 9.59 Å². The number of hydrogen-bond acceptors (Lipinski definition) is 3. The van der Waals surface area contributed by atoms with Crippen LogP contribution < -0.4 is 5.32 Å². The molecule has 1 aliphatic carbocycles. The van der Waals surface area contributed by atoms with E-state index in [9.17, 15) is 9.59 Å². The van der Waals surface area contributed by atoms with Crippen molar-refractivity contribution in [2.24, 2.45) is 0 Å². The predicted octanol–water partition coefficient (Wildman–Crippen LogP) is 3.56. The normalized spacial score (nSPS) is 21.6. The Morgan fingerprint density at radius 2 is 2.00 bits per heavy atom. The number of aryl methyl sites for hydroxylation is 1. The van der Waals surface area contributed by atoms with Gasteiger partial charge < -0.3 is 9.80 Å². The number of nitrogens with one attached hydrogen (secondary N) is 1. The molecule has 2 aliphatic rings. The standard InChI is InChI=1S/C20H33N5O2/c1-4-5-11-17-19(26)23(3)12-13-24(17)20(27)21-18-14-15(2)22-25(18)16-9-7-6-8-10-16/h14,16-17H,4-13H2,1-3H3,(H,21,27)/t17-/m1/s1. The largest absolute Gasteiger partial charge is 0.342 e. The van der Waals surface area contributed by atoms with Crippen LogP contribution in [0.1, 0.15) is 70.0 Å². The molecule has 1 N–H and O–H groups in total. The van der Waals surface area contributed by atoms with Gasteiger partial charge in [0.05, 0.1) is 11.7 Å². The molecule has 7 heteroatoms. The fraction of sp³-hybridized carbons (Fsp3) is 0.750. The number of rotatable bonds is 5. The van der Waals surface area contributed by atoms with Crippen LogP contribution in [0.4, 0.5) is 10.6 Å². The van der Waals surface area contributed by atoms with Crippen molar-refractivity contribution in [1.82, 2.24) is 19.6 Å². The Kier molecular flexibility index (Phi) is 6.39. The van der Waals surface area contributed by atoms with E-state index in [0.29, 0.717) is 25.6 Å². The van der Waals surface area contributed by atoms with Crippen LogP contribution in [0.25, 0.3) is 0 Å². The van der Waals surface area contributed by atoms with Gasteiger partial charge in [0.2, 0.25) is 5.91 Å². The van der Waals surface area contributed by atoms with E-state index in [4.69, 9.17) is 0 Å². The number of aromatic nitrogens is 2. The van der Waals surface area contributed by atoms with Crippen molar-refractivity contribution in [3.63, 3.8) is 0 Å². The first kappa shape index (κ1) is 19.7. The molecule has 2 fully saturated rings. The molecular formula is C20H33N5O2. The summed E-state index contributed by atoms with van der Waals surface area (Å²) < 4.78 is 1.99. The first-order valence-corrected chi connectivity index (χ1v) is 10.4. The highest BCUT2D eigenvalue weighted by Gasteiger charge is 2.36. The lowest BCUT2D eigenvalue weighted by Gasteiger charge is -2.39. The number of urea groups is 1. The zero-order valence-corrected chi connectivity index (χ0v) is 16.9. The number of unbranched alkanes of at least 4 members (excludes halogenated alkanes) is 1. The van der Waals surface area contributed by atoms with E-state index in [0.717, 1.165) is 37.2 Å². The quantitative estimate of drug-likeness (QED) is 0.855. The second-order valence-electron chi connectivity index (χ2n) is 7.95. The molecule has 7 nitrogen and oxygen atoms in total. The van der Waals surface area contributed by atoms with Gasteiger partial charge in [-0.1, -0.05) is 39.0 Å². The molecule has 150 valence electrons. The van der Waals surface area contributed by atoms with E-state index < -0.39 is 0 Å². The monoisotopic (exact) mass is 375 g/mol. The lowest BCUT2D eigenvalue weighted by atomic mass is 9.96. The Bertz CT molecular complexity index is 665. The molecule has 27 heavy (non-hydrogen) atoms. The van der Waals surface area contributed by atoms with Crippen LogP contribution in [0.2, 0.25) is 0 Å². The molecule has 1 aromatic rings. The van der Waals surface area contributed by atoms with Crippen LogP contribution in [-0.4, -0.2) is 57.7 Å². The topological polar surface area (TPSA) is 70.5 Å². The van der Waals surface area contributed by atoms with E-state index >= 15 is 0 Å². The van der Waals surface area contributed by atoms with Gasteiger partial charge in [-0.05, 0) is 26.2 Å². The summed E-state index contributed by atoms with van der Waals surface area (Å²) in [4.78, 5) is 29.1. The van der Waals surface area contributed by atoms with Crippen molar-refractivity contribution in [1.29, 1.82) is 0 Å². The molecule has 2 heterocycles. The first-order chi connectivity index (χ1) is 13.0. The van der Waals surface area contributed by atoms with Crippen LogP contribution in [0.3, 0.4) is 0 Å². The van der Waals surface area contributed by atoms with Gasteiger partial charge in [0, 0.05) is 26.2 Å². The number of amides is 3. The zero-order valence-electron chi connectivity index (χ0n) is 16.9. The van der Waals surface area contributed by atoms with E-state index in [1.165, 1.54) is 19.3 Å². The van der Waals surface area contributed by atoms with Crippen LogP contribution in [-0.2, 0) is 4.79 Å². The Morgan fingerprint density at radius 1 is 1.26 bits per heavy atom. The number of nitrogens with zero attached hydrogens (tertiary/aromatic N) is 4. The van der Waals surface area contributed by atoms with E-state index in [1.54, 1.807) is 9.80 Å². The summed E-state index contributed by atoms with van der Waals surface area (Å²) in [7, 11) is 1.82. The second-order valence-corrected chi connectivity index (χ2v) is 7.95. The minimum Gasteiger partial charge on any atom is -0.342 e. The molecule has 0 aromatic carbocycles. The van der Waals surface area contributed by atoms with Gasteiger partial charge in [-0.15, -0.1) is 0 Å². The summed E-state index contributed by atoms with van der Waals surface area (Å²) in [5.41, 5.74) is 0.910. The SMILES string of the molecule is CCCC[C@@H]1C(=O)N(C)CCN1C(=O)Nc1cc(C)nn1C1CCCCC1. The van der Waals surface area contributed by atoms with Gasteiger partial charge >= 0.3 is 6.03 Å². The Balaban J connectivity index is 1.74. The maximum Gasteiger partial charge on any atom is 0.323 e. The van der Waals surface area contributed by atoms with E-state index in [2.05, 4.69) is 17.3 Å². The fourth-order valence-electron chi connectivity index (χ4n) is 4.23. The molecule has 1 aromatic heterocycles. The van der Waals surface area contributed by atoms with Crippen LogP contribution >= 0.6 is 0 Å². The summed E-state index contributed by atoms with van der Waals surface area (Å²) in [6, 6.07) is 1.74. The molecule has 1 aliphatic heterocycles. The summed E-state index contributed by atoms with van der Waals surface area (Å²) in [6.07, 6.45) is 8.58. The van der Waals surface area contributed by atoms with E-state index in [1.807, 2.05) is 24.7 Å². The van der Waals surface area contributed by atoms with Gasteiger partial charge in [-0.25, -0.2) is 9.48 Å². The van der Waals surface area contributed by atoms with E-state index in [-0.39, 0.29) is 18.0 Å². The highest BCUT2D eigenvalue weighted by Crippen LogP contribution is 2.31. The summed E-state index contributed by atoms with van der Waals surface area (Å²) >= 11 is 0. The minimum absolute atomic E-state index is 0.0434. The van der Waals surface area contributed by atoms with Crippen molar-refractivity contribution in [3.05, 3.63) is 11.8 Å². The Labute approximate surface area is 162 Å². The number of hydrogen-bond donors (Lipinski definition) is 1. The third kappa shape index (κ3) is 4.45. The van der Waals surface area contributed by atoms with Crippen LogP contribution in [0.15, 0.2) is 6.07 Å². The van der Waals surface area contributed by atoms with Crippen molar-refractivity contribution >= 4 is 17.8 Å². The molecule has 0 radical (unpaired) electrons. The maximum absolute atomic E-state index is 13.0. The number of anilines is 1. The molecule has 0 unspecified atom stereocenters. The highest BCUT2D eigenvalue weighted by molar-refractivity contribution is 5.94. The molecule has 0 bridgehead atoms. The van der Waals surface area contributed by atoms with Crippen LogP contribution in [0, 0.1) is 6.92 Å². The third-order valence-corrected chi connectivity index (χ3v) is 5.82. The van der Waals surface area contributed by atoms with Gasteiger partial charge in [0.25, 0.3) is 0 Å². The zero-order chi connectivity index (χ0) is 19.4. The molecule has 3 rings (SSSR count). The molecule has 3 amide bonds. The lowest BCUT2D eigenvalue weighted by Crippen LogP contribution is -2.58. The summed E-state index contributed by atoms with van der Waals surface area (Å²) in [5, 5.41) is 7.69. The molecule has 1 atom stereocenters. The molecule has 1 saturated heterocycles. The Morgan fingerprint density at radius 3 is 2.70 bits per heavy atom. The van der Waals surface area contributed by atoms with Crippen LogP contribution in [0.5, 0.6) is 0 Å². The van der Waals surface area contributed by atoms with Gasteiger partial charge in [-0.3, -0.25) is 10.1 Å². The van der Waals surface area contributed by atoms with Gasteiger partial charge in [0.15, 0.2) is 0 Å². The average molecular weight is 376 g/mol. The second kappa shape index (κ2) is 8.76. The third-order valence-electron chi connectivity index (χ3n) is 5.82. The maximum atomic E-state index is 13.0. The van der Waals surface area contributed by atoms with Crippen molar-refractivity contribution in [2.75, 3.05) is 25.5 Å². The molecule has 0 spiro atoms. The minimum atomic E-state index is -0.365.